The molecule has 256 valence electrons. The molecule has 0 N–H and O–H groups in total. The Morgan fingerprint density at radius 1 is 0.585 bits per heavy atom. The van der Waals surface area contributed by atoms with Gasteiger partial charge in [0.1, 0.15) is 5.75 Å². The third kappa shape index (κ3) is 4.39. The molecule has 11 rings (SSSR count). The van der Waals surface area contributed by atoms with Crippen LogP contribution in [-0.4, -0.2) is 30.9 Å². The topological polar surface area (TPSA) is 26.6 Å². The first-order chi connectivity index (χ1) is 26.1. The van der Waals surface area contributed by atoms with E-state index < -0.39 is 5.60 Å². The molecule has 4 nitrogen and oxygen atoms in total. The van der Waals surface area contributed by atoms with E-state index in [2.05, 4.69) is 169 Å². The minimum atomic E-state index is -0.843. The standard InChI is InChI=1S/C49H38N2O2/c1-31-14-23-38-41-10-7-11-42-47(41)46(43(38)30-31)32(2)37-24-25-49(53-48(37)42,33-15-19-35(20-16-33)50-26-28-52-29-27-50)34-17-21-36(22-18-34)51-44-12-5-3-8-39(44)40-9-4-6-13-45(40)51/h3-25,30H,26-29H2,1-2H3. The molecule has 3 aliphatic rings. The molecule has 1 unspecified atom stereocenters. The Bertz CT molecular complexity index is 2750. The summed E-state index contributed by atoms with van der Waals surface area (Å²) in [6.45, 7) is 7.76. The molecule has 1 fully saturated rings. The van der Waals surface area contributed by atoms with Gasteiger partial charge in [0, 0.05) is 62.7 Å². The van der Waals surface area contributed by atoms with E-state index in [4.69, 9.17) is 9.47 Å². The Balaban J connectivity index is 1.10. The Kier molecular flexibility index (Phi) is 6.59. The lowest BCUT2D eigenvalue weighted by molar-refractivity contribution is 0.122. The molecule has 0 bridgehead atoms. The molecule has 4 heteroatoms. The number of para-hydroxylation sites is 2. The maximum Gasteiger partial charge on any atom is 0.178 e. The minimum Gasteiger partial charge on any atom is -0.472 e. The Hall–Kier alpha value is -6.10. The molecule has 8 aromatic rings. The molecule has 0 saturated carbocycles. The van der Waals surface area contributed by atoms with Gasteiger partial charge < -0.3 is 18.9 Å². The molecule has 1 saturated heterocycles. The highest BCUT2D eigenvalue weighted by Crippen LogP contribution is 2.55. The predicted octanol–water partition coefficient (Wildman–Crippen LogP) is 11.4. The minimum absolute atomic E-state index is 0.756. The molecule has 1 atom stereocenters. The molecule has 53 heavy (non-hydrogen) atoms. The van der Waals surface area contributed by atoms with E-state index >= 15 is 0 Å². The second-order valence-electron chi connectivity index (χ2n) is 14.8. The van der Waals surface area contributed by atoms with Crippen LogP contribution in [0.4, 0.5) is 5.69 Å². The Labute approximate surface area is 309 Å². The third-order valence-electron chi connectivity index (χ3n) is 11.9. The van der Waals surface area contributed by atoms with Crippen molar-refractivity contribution in [3.05, 3.63) is 167 Å². The monoisotopic (exact) mass is 686 g/mol. The third-order valence-corrected chi connectivity index (χ3v) is 11.9. The Morgan fingerprint density at radius 3 is 1.92 bits per heavy atom. The van der Waals surface area contributed by atoms with Crippen molar-refractivity contribution in [3.63, 3.8) is 0 Å². The lowest BCUT2D eigenvalue weighted by Crippen LogP contribution is -2.37. The molecular formula is C49H38N2O2. The quantitative estimate of drug-likeness (QED) is 0.184. The highest BCUT2D eigenvalue weighted by Gasteiger charge is 2.40. The summed E-state index contributed by atoms with van der Waals surface area (Å²) in [4.78, 5) is 2.40. The van der Waals surface area contributed by atoms with Crippen molar-refractivity contribution in [2.75, 3.05) is 31.2 Å². The van der Waals surface area contributed by atoms with Gasteiger partial charge in [-0.25, -0.2) is 0 Å². The van der Waals surface area contributed by atoms with Crippen LogP contribution in [0.25, 0.3) is 66.6 Å². The summed E-state index contributed by atoms with van der Waals surface area (Å²) >= 11 is 0. The summed E-state index contributed by atoms with van der Waals surface area (Å²) in [7, 11) is 0. The van der Waals surface area contributed by atoms with Gasteiger partial charge in [0.2, 0.25) is 0 Å². The van der Waals surface area contributed by atoms with Crippen molar-refractivity contribution < 1.29 is 9.47 Å². The summed E-state index contributed by atoms with van der Waals surface area (Å²) in [5, 5.41) is 4.97. The highest BCUT2D eigenvalue weighted by molar-refractivity contribution is 6.19. The molecule has 7 aromatic carbocycles. The van der Waals surface area contributed by atoms with Crippen LogP contribution in [0, 0.1) is 13.8 Å². The first-order valence-corrected chi connectivity index (χ1v) is 18.7. The van der Waals surface area contributed by atoms with Crippen LogP contribution in [0.2, 0.25) is 0 Å². The predicted molar refractivity (Wildman–Crippen MR) is 219 cm³/mol. The largest absolute Gasteiger partial charge is 0.472 e. The van der Waals surface area contributed by atoms with Crippen LogP contribution in [-0.2, 0) is 10.3 Å². The number of rotatable bonds is 4. The van der Waals surface area contributed by atoms with Gasteiger partial charge in [0.25, 0.3) is 0 Å². The van der Waals surface area contributed by atoms with Crippen molar-refractivity contribution >= 4 is 44.3 Å². The van der Waals surface area contributed by atoms with E-state index in [0.717, 1.165) is 59.8 Å². The lowest BCUT2D eigenvalue weighted by Gasteiger charge is -2.38. The smallest absolute Gasteiger partial charge is 0.178 e. The van der Waals surface area contributed by atoms with Crippen molar-refractivity contribution in [1.29, 1.82) is 0 Å². The van der Waals surface area contributed by atoms with Crippen LogP contribution >= 0.6 is 0 Å². The van der Waals surface area contributed by atoms with Crippen molar-refractivity contribution in [2.45, 2.75) is 19.4 Å². The van der Waals surface area contributed by atoms with E-state index in [1.807, 2.05) is 0 Å². The fourth-order valence-corrected chi connectivity index (χ4v) is 9.29. The van der Waals surface area contributed by atoms with E-state index in [-0.39, 0.29) is 0 Å². The van der Waals surface area contributed by atoms with Crippen LogP contribution in [0.15, 0.2) is 140 Å². The van der Waals surface area contributed by atoms with Crippen molar-refractivity contribution in [3.8, 4) is 33.7 Å². The number of aryl methyl sites for hydroxylation is 1. The molecule has 0 radical (unpaired) electrons. The van der Waals surface area contributed by atoms with E-state index in [0.29, 0.717) is 0 Å². The van der Waals surface area contributed by atoms with Crippen molar-refractivity contribution in [2.24, 2.45) is 0 Å². The number of nitrogens with zero attached hydrogens (tertiary/aromatic N) is 2. The van der Waals surface area contributed by atoms with Gasteiger partial charge >= 0.3 is 0 Å². The fourth-order valence-electron chi connectivity index (χ4n) is 9.29. The zero-order valence-electron chi connectivity index (χ0n) is 29.9. The van der Waals surface area contributed by atoms with Gasteiger partial charge in [-0.3, -0.25) is 0 Å². The number of ether oxygens (including phenoxy) is 2. The number of morpholine rings is 1. The number of hydrogen-bond donors (Lipinski definition) is 0. The van der Waals surface area contributed by atoms with Crippen LogP contribution < -0.4 is 9.64 Å². The average molecular weight is 687 g/mol. The molecule has 1 aromatic heterocycles. The van der Waals surface area contributed by atoms with Gasteiger partial charge in [-0.2, -0.15) is 0 Å². The maximum absolute atomic E-state index is 7.58. The summed E-state index contributed by atoms with van der Waals surface area (Å²) in [6, 6.07) is 49.0. The first-order valence-electron chi connectivity index (χ1n) is 18.7. The SMILES string of the molecule is Cc1ccc2c(c1)-c1c(C)c3c(c4cccc-2c14)OC(c1ccc(N2CCOCC2)cc1)(c1ccc(-n2c4ccccc4c4ccccc42)cc1)C=C3. The normalized spacial score (nSPS) is 17.4. The second-order valence-corrected chi connectivity index (χ2v) is 14.8. The van der Waals surface area contributed by atoms with E-state index in [9.17, 15) is 0 Å². The number of benzene rings is 7. The van der Waals surface area contributed by atoms with E-state index in [1.54, 1.807) is 0 Å². The second kappa shape index (κ2) is 11.4. The van der Waals surface area contributed by atoms with Crippen LogP contribution in [0.5, 0.6) is 5.75 Å². The molecule has 0 spiro atoms. The average Bonchev–Trinajstić information content (AvgIpc) is 3.73. The lowest BCUT2D eigenvalue weighted by atomic mass is 9.81. The molecule has 0 amide bonds. The van der Waals surface area contributed by atoms with Gasteiger partial charge in [-0.05, 0) is 84.1 Å². The zero-order valence-corrected chi connectivity index (χ0v) is 29.9. The fraction of sp³-hybridized carbons (Fsp3) is 0.143. The molecule has 1 aliphatic carbocycles. The number of hydrogen-bond acceptors (Lipinski definition) is 3. The number of aromatic nitrogens is 1. The summed E-state index contributed by atoms with van der Waals surface area (Å²) < 4.78 is 15.6. The zero-order chi connectivity index (χ0) is 35.3. The number of anilines is 1. The van der Waals surface area contributed by atoms with Gasteiger partial charge in [-0.1, -0.05) is 109 Å². The van der Waals surface area contributed by atoms with Crippen molar-refractivity contribution in [1.82, 2.24) is 4.57 Å². The highest BCUT2D eigenvalue weighted by atomic mass is 16.5. The Morgan fingerprint density at radius 2 is 1.23 bits per heavy atom. The summed E-state index contributed by atoms with van der Waals surface area (Å²) in [5.41, 5.74) is 15.0. The van der Waals surface area contributed by atoms with Crippen LogP contribution in [0.3, 0.4) is 0 Å². The first kappa shape index (κ1) is 30.5. The number of fused-ring (bicyclic) bond motifs is 8. The van der Waals surface area contributed by atoms with Gasteiger partial charge in [0.15, 0.2) is 5.60 Å². The van der Waals surface area contributed by atoms with Gasteiger partial charge in [-0.15, -0.1) is 0 Å². The summed E-state index contributed by atoms with van der Waals surface area (Å²) in [6.07, 6.45) is 4.61. The van der Waals surface area contributed by atoms with Crippen LogP contribution in [0.1, 0.15) is 27.8 Å². The molecule has 3 heterocycles. The molecule has 2 aliphatic heterocycles. The van der Waals surface area contributed by atoms with Gasteiger partial charge in [0.05, 0.1) is 24.2 Å². The summed E-state index contributed by atoms with van der Waals surface area (Å²) in [5.74, 6) is 0.943. The molecular weight excluding hydrogens is 649 g/mol. The maximum atomic E-state index is 7.58. The van der Waals surface area contributed by atoms with E-state index in [1.165, 1.54) is 66.3 Å².